The number of esters is 1. The lowest BCUT2D eigenvalue weighted by molar-refractivity contribution is -0.144. The van der Waals surface area contributed by atoms with Crippen molar-refractivity contribution in [2.75, 3.05) is 20.3 Å². The first-order valence-corrected chi connectivity index (χ1v) is 9.46. The van der Waals surface area contributed by atoms with Gasteiger partial charge in [0.25, 0.3) is 5.91 Å². The third kappa shape index (κ3) is 6.96. The highest BCUT2D eigenvalue weighted by Gasteiger charge is 2.20. The lowest BCUT2D eigenvalue weighted by Gasteiger charge is -2.26. The zero-order chi connectivity index (χ0) is 19.6. The van der Waals surface area contributed by atoms with Crippen LogP contribution in [-0.4, -0.2) is 38.2 Å². The number of nitrogens with one attached hydrogen (secondary N) is 1. The van der Waals surface area contributed by atoms with Crippen molar-refractivity contribution in [3.8, 4) is 11.5 Å². The van der Waals surface area contributed by atoms with Crippen LogP contribution in [0.3, 0.4) is 0 Å². The fourth-order valence-corrected chi connectivity index (χ4v) is 3.09. The number of amides is 1. The minimum atomic E-state index is -0.560. The first-order chi connectivity index (χ1) is 13.0. The molecular formula is C21H29NO5. The van der Waals surface area contributed by atoms with E-state index in [1.807, 2.05) is 13.0 Å². The summed E-state index contributed by atoms with van der Waals surface area (Å²) in [5, 5.41) is 2.93. The van der Waals surface area contributed by atoms with Crippen LogP contribution in [0, 0.1) is 5.92 Å². The Kier molecular flexibility index (Phi) is 8.17. The second-order valence-corrected chi connectivity index (χ2v) is 6.81. The molecule has 1 aromatic rings. The number of methoxy groups -OCH3 is 1. The molecule has 0 heterocycles. The number of benzene rings is 1. The topological polar surface area (TPSA) is 73.9 Å². The fourth-order valence-electron chi connectivity index (χ4n) is 3.09. The number of carbonyl (C=O) groups excluding carboxylic acids is 2. The second-order valence-electron chi connectivity index (χ2n) is 6.81. The van der Waals surface area contributed by atoms with E-state index < -0.39 is 5.97 Å². The van der Waals surface area contributed by atoms with Gasteiger partial charge in [-0.2, -0.15) is 0 Å². The minimum Gasteiger partial charge on any atom is -0.493 e. The van der Waals surface area contributed by atoms with E-state index in [0.29, 0.717) is 18.1 Å². The molecule has 0 atom stereocenters. The van der Waals surface area contributed by atoms with Crippen molar-refractivity contribution in [2.24, 2.45) is 5.92 Å². The van der Waals surface area contributed by atoms with Gasteiger partial charge in [0, 0.05) is 12.1 Å². The van der Waals surface area contributed by atoms with Gasteiger partial charge in [0.2, 0.25) is 0 Å². The van der Waals surface area contributed by atoms with E-state index in [0.717, 1.165) is 37.2 Å². The van der Waals surface area contributed by atoms with Crippen molar-refractivity contribution in [1.82, 2.24) is 5.32 Å². The zero-order valence-corrected chi connectivity index (χ0v) is 16.3. The number of rotatable bonds is 8. The summed E-state index contributed by atoms with van der Waals surface area (Å²) in [6.45, 7) is 4.40. The molecule has 2 rings (SSSR count). The second kappa shape index (κ2) is 10.6. The van der Waals surface area contributed by atoms with Crippen LogP contribution in [0.25, 0.3) is 6.08 Å². The molecule has 148 valence electrons. The Balaban J connectivity index is 1.78. The summed E-state index contributed by atoms with van der Waals surface area (Å²) in [5.74, 6) is 1.15. The zero-order valence-electron chi connectivity index (χ0n) is 16.3. The summed E-state index contributed by atoms with van der Waals surface area (Å²) in [6, 6.07) is 5.56. The van der Waals surface area contributed by atoms with E-state index in [1.54, 1.807) is 25.3 Å². The van der Waals surface area contributed by atoms with E-state index in [9.17, 15) is 9.59 Å². The minimum absolute atomic E-state index is 0.194. The van der Waals surface area contributed by atoms with Crippen LogP contribution in [0.1, 0.15) is 45.1 Å². The van der Waals surface area contributed by atoms with Gasteiger partial charge in [0.05, 0.1) is 13.7 Å². The Morgan fingerprint density at radius 2 is 1.93 bits per heavy atom. The molecule has 0 aliphatic heterocycles. The van der Waals surface area contributed by atoms with Crippen molar-refractivity contribution in [2.45, 2.75) is 45.6 Å². The van der Waals surface area contributed by atoms with Crippen molar-refractivity contribution in [3.63, 3.8) is 0 Å². The molecule has 1 aromatic carbocycles. The predicted molar refractivity (Wildman–Crippen MR) is 104 cm³/mol. The van der Waals surface area contributed by atoms with E-state index in [-0.39, 0.29) is 18.6 Å². The van der Waals surface area contributed by atoms with Crippen LogP contribution < -0.4 is 14.8 Å². The highest BCUT2D eigenvalue weighted by molar-refractivity contribution is 5.89. The smallest absolute Gasteiger partial charge is 0.331 e. The predicted octanol–water partition coefficient (Wildman–Crippen LogP) is 3.35. The molecule has 1 aliphatic rings. The van der Waals surface area contributed by atoms with Crippen LogP contribution in [0.4, 0.5) is 0 Å². The average Bonchev–Trinajstić information content (AvgIpc) is 2.67. The Bertz CT molecular complexity index is 663. The van der Waals surface area contributed by atoms with Crippen LogP contribution >= 0.6 is 0 Å². The highest BCUT2D eigenvalue weighted by atomic mass is 16.5. The summed E-state index contributed by atoms with van der Waals surface area (Å²) in [4.78, 5) is 23.7. The van der Waals surface area contributed by atoms with Crippen molar-refractivity contribution < 1.29 is 23.8 Å². The summed E-state index contributed by atoms with van der Waals surface area (Å²) in [5.41, 5.74) is 0.771. The van der Waals surface area contributed by atoms with Crippen molar-refractivity contribution in [1.29, 1.82) is 0 Å². The molecule has 1 aliphatic carbocycles. The van der Waals surface area contributed by atoms with E-state index in [2.05, 4.69) is 12.2 Å². The molecule has 27 heavy (non-hydrogen) atoms. The third-order valence-electron chi connectivity index (χ3n) is 4.63. The first kappa shape index (κ1) is 20.8. The molecule has 1 amide bonds. The Morgan fingerprint density at radius 1 is 1.19 bits per heavy atom. The molecule has 0 radical (unpaired) electrons. The van der Waals surface area contributed by atoms with Crippen LogP contribution in [0.5, 0.6) is 11.5 Å². The van der Waals surface area contributed by atoms with E-state index >= 15 is 0 Å². The number of carbonyl (C=O) groups is 2. The average molecular weight is 375 g/mol. The largest absolute Gasteiger partial charge is 0.493 e. The van der Waals surface area contributed by atoms with Crippen molar-refractivity contribution in [3.05, 3.63) is 29.8 Å². The number of hydrogen-bond acceptors (Lipinski definition) is 5. The van der Waals surface area contributed by atoms with E-state index in [1.165, 1.54) is 6.08 Å². The molecule has 0 saturated heterocycles. The van der Waals surface area contributed by atoms with E-state index in [4.69, 9.17) is 14.2 Å². The highest BCUT2D eigenvalue weighted by Crippen LogP contribution is 2.28. The molecular weight excluding hydrogens is 346 g/mol. The van der Waals surface area contributed by atoms with Gasteiger partial charge in [-0.05, 0) is 62.3 Å². The quantitative estimate of drug-likeness (QED) is 0.557. The molecule has 1 N–H and O–H groups in total. The van der Waals surface area contributed by atoms with Gasteiger partial charge in [-0.25, -0.2) is 4.79 Å². The summed E-state index contributed by atoms with van der Waals surface area (Å²) in [6.07, 6.45) is 7.13. The molecule has 0 bridgehead atoms. The van der Waals surface area contributed by atoms with Gasteiger partial charge in [0.1, 0.15) is 0 Å². The van der Waals surface area contributed by atoms with Gasteiger partial charge >= 0.3 is 5.97 Å². The Morgan fingerprint density at radius 3 is 2.59 bits per heavy atom. The number of ether oxygens (including phenoxy) is 3. The SMILES string of the molecule is CCOc1ccc(/C=C/C(=O)OCC(=O)NC2CCC(C)CC2)cc1OC. The normalized spacial score (nSPS) is 19.5. The monoisotopic (exact) mass is 375 g/mol. The van der Waals surface area contributed by atoms with Gasteiger partial charge in [-0.1, -0.05) is 13.0 Å². The Hall–Kier alpha value is -2.50. The van der Waals surface area contributed by atoms with Gasteiger partial charge in [-0.15, -0.1) is 0 Å². The maximum absolute atomic E-state index is 11.9. The third-order valence-corrected chi connectivity index (χ3v) is 4.63. The lowest BCUT2D eigenvalue weighted by Crippen LogP contribution is -2.39. The molecule has 6 heteroatoms. The molecule has 1 saturated carbocycles. The summed E-state index contributed by atoms with van der Waals surface area (Å²) < 4.78 is 15.7. The Labute approximate surface area is 160 Å². The molecule has 0 unspecified atom stereocenters. The lowest BCUT2D eigenvalue weighted by atomic mass is 9.87. The molecule has 1 fully saturated rings. The standard InChI is InChI=1S/C21H29NO5/c1-4-26-18-11-7-16(13-19(18)25-3)8-12-21(24)27-14-20(23)22-17-9-5-15(2)6-10-17/h7-8,11-13,15,17H,4-6,9-10,14H2,1-3H3,(H,22,23)/b12-8+. The molecule has 0 spiro atoms. The van der Waals surface area contributed by atoms with Gasteiger partial charge in [-0.3, -0.25) is 4.79 Å². The van der Waals surface area contributed by atoms with Crippen LogP contribution in [-0.2, 0) is 14.3 Å². The molecule has 6 nitrogen and oxygen atoms in total. The number of hydrogen-bond donors (Lipinski definition) is 1. The van der Waals surface area contributed by atoms with Gasteiger partial charge in [0.15, 0.2) is 18.1 Å². The maximum atomic E-state index is 11.9. The summed E-state index contributed by atoms with van der Waals surface area (Å²) >= 11 is 0. The fraction of sp³-hybridized carbons (Fsp3) is 0.524. The van der Waals surface area contributed by atoms with Crippen LogP contribution in [0.15, 0.2) is 24.3 Å². The van der Waals surface area contributed by atoms with Crippen LogP contribution in [0.2, 0.25) is 0 Å². The van der Waals surface area contributed by atoms with Gasteiger partial charge < -0.3 is 19.5 Å². The first-order valence-electron chi connectivity index (χ1n) is 9.46. The summed E-state index contributed by atoms with van der Waals surface area (Å²) in [7, 11) is 1.56. The van der Waals surface area contributed by atoms with Crippen molar-refractivity contribution >= 4 is 18.0 Å². The maximum Gasteiger partial charge on any atom is 0.331 e. The molecule has 0 aromatic heterocycles.